The zero-order valence-electron chi connectivity index (χ0n) is 11.0. The number of rotatable bonds is 4. The van der Waals surface area contributed by atoms with Crippen LogP contribution in [0.5, 0.6) is 11.5 Å². The Morgan fingerprint density at radius 2 is 1.85 bits per heavy atom. The Hall–Kier alpha value is -2.40. The third kappa shape index (κ3) is 2.95. The van der Waals surface area contributed by atoms with E-state index in [0.717, 1.165) is 0 Å². The fourth-order valence-electron chi connectivity index (χ4n) is 1.80. The summed E-state index contributed by atoms with van der Waals surface area (Å²) in [7, 11) is 0. The predicted molar refractivity (Wildman–Crippen MR) is 74.0 cm³/mol. The molecular weight excluding hydrogens is 259 g/mol. The van der Waals surface area contributed by atoms with E-state index in [-0.39, 0.29) is 11.8 Å². The standard InChI is InChI=1S/C15H15FN2O2/c1-9(17)12-3-2-4-13(16)14(12)20-11-7-5-10(6-8-11)15(18)19/h2-9H,17H2,1H3,(H2,18,19). The van der Waals surface area contributed by atoms with Gasteiger partial charge < -0.3 is 16.2 Å². The monoisotopic (exact) mass is 274 g/mol. The summed E-state index contributed by atoms with van der Waals surface area (Å²) in [4.78, 5) is 11.0. The van der Waals surface area contributed by atoms with Crippen molar-refractivity contribution in [1.29, 1.82) is 0 Å². The van der Waals surface area contributed by atoms with Gasteiger partial charge in [-0.25, -0.2) is 4.39 Å². The van der Waals surface area contributed by atoms with Crippen LogP contribution < -0.4 is 16.2 Å². The van der Waals surface area contributed by atoms with E-state index in [9.17, 15) is 9.18 Å². The summed E-state index contributed by atoms with van der Waals surface area (Å²) in [6.07, 6.45) is 0. The number of primary amides is 1. The van der Waals surface area contributed by atoms with Gasteiger partial charge >= 0.3 is 0 Å². The van der Waals surface area contributed by atoms with Gasteiger partial charge in [0.1, 0.15) is 5.75 Å². The van der Waals surface area contributed by atoms with Gasteiger partial charge in [-0.15, -0.1) is 0 Å². The van der Waals surface area contributed by atoms with Crippen molar-refractivity contribution < 1.29 is 13.9 Å². The first-order chi connectivity index (χ1) is 9.49. The Labute approximate surface area is 116 Å². The van der Waals surface area contributed by atoms with Crippen LogP contribution >= 0.6 is 0 Å². The smallest absolute Gasteiger partial charge is 0.248 e. The zero-order valence-corrected chi connectivity index (χ0v) is 11.0. The highest BCUT2D eigenvalue weighted by molar-refractivity contribution is 5.92. The van der Waals surface area contributed by atoms with Crippen LogP contribution in [0.3, 0.4) is 0 Å². The molecule has 0 aromatic heterocycles. The summed E-state index contributed by atoms with van der Waals surface area (Å²) in [6, 6.07) is 10.4. The van der Waals surface area contributed by atoms with Gasteiger partial charge in [-0.1, -0.05) is 12.1 Å². The zero-order chi connectivity index (χ0) is 14.7. The molecule has 4 nitrogen and oxygen atoms in total. The number of benzene rings is 2. The Kier molecular flexibility index (Phi) is 4.00. The van der Waals surface area contributed by atoms with Crippen LogP contribution in [-0.2, 0) is 0 Å². The van der Waals surface area contributed by atoms with Crippen LogP contribution in [0, 0.1) is 5.82 Å². The average Bonchev–Trinajstić information content (AvgIpc) is 2.41. The van der Waals surface area contributed by atoms with Gasteiger partial charge in [0.2, 0.25) is 5.91 Å². The third-order valence-electron chi connectivity index (χ3n) is 2.85. The molecule has 1 unspecified atom stereocenters. The number of para-hydroxylation sites is 1. The fourth-order valence-corrected chi connectivity index (χ4v) is 1.80. The number of hydrogen-bond donors (Lipinski definition) is 2. The highest BCUT2D eigenvalue weighted by Crippen LogP contribution is 2.31. The molecule has 0 fully saturated rings. The molecule has 0 bridgehead atoms. The number of hydrogen-bond acceptors (Lipinski definition) is 3. The van der Waals surface area contributed by atoms with Crippen LogP contribution in [0.15, 0.2) is 42.5 Å². The molecule has 0 radical (unpaired) electrons. The molecule has 0 aliphatic rings. The van der Waals surface area contributed by atoms with E-state index in [4.69, 9.17) is 16.2 Å². The van der Waals surface area contributed by atoms with Crippen LogP contribution in [0.4, 0.5) is 4.39 Å². The van der Waals surface area contributed by atoms with Crippen LogP contribution in [-0.4, -0.2) is 5.91 Å². The number of carbonyl (C=O) groups is 1. The molecule has 4 N–H and O–H groups in total. The van der Waals surface area contributed by atoms with Crippen molar-refractivity contribution >= 4 is 5.91 Å². The number of ether oxygens (including phenoxy) is 1. The molecule has 2 rings (SSSR count). The molecule has 20 heavy (non-hydrogen) atoms. The second kappa shape index (κ2) is 5.71. The van der Waals surface area contributed by atoms with Crippen molar-refractivity contribution in [3.05, 3.63) is 59.4 Å². The van der Waals surface area contributed by atoms with Crippen molar-refractivity contribution in [3.63, 3.8) is 0 Å². The molecule has 104 valence electrons. The van der Waals surface area contributed by atoms with Gasteiger partial charge in [0.05, 0.1) is 0 Å². The van der Waals surface area contributed by atoms with E-state index < -0.39 is 11.7 Å². The highest BCUT2D eigenvalue weighted by Gasteiger charge is 2.14. The number of amides is 1. The summed E-state index contributed by atoms with van der Waals surface area (Å²) >= 11 is 0. The summed E-state index contributed by atoms with van der Waals surface area (Å²) in [5.41, 5.74) is 11.9. The molecule has 2 aromatic carbocycles. The maximum absolute atomic E-state index is 13.8. The fraction of sp³-hybridized carbons (Fsp3) is 0.133. The van der Waals surface area contributed by atoms with E-state index >= 15 is 0 Å². The quantitative estimate of drug-likeness (QED) is 0.899. The number of nitrogens with two attached hydrogens (primary N) is 2. The molecule has 2 aromatic rings. The predicted octanol–water partition coefficient (Wildman–Crippen LogP) is 2.74. The first-order valence-electron chi connectivity index (χ1n) is 6.10. The Morgan fingerprint density at radius 3 is 2.40 bits per heavy atom. The minimum Gasteiger partial charge on any atom is -0.454 e. The van der Waals surface area contributed by atoms with Crippen LogP contribution in [0.1, 0.15) is 28.9 Å². The van der Waals surface area contributed by atoms with Crippen molar-refractivity contribution in [3.8, 4) is 11.5 Å². The average molecular weight is 274 g/mol. The largest absolute Gasteiger partial charge is 0.454 e. The van der Waals surface area contributed by atoms with Crippen molar-refractivity contribution in [2.24, 2.45) is 11.5 Å². The highest BCUT2D eigenvalue weighted by atomic mass is 19.1. The molecule has 0 heterocycles. The van der Waals surface area contributed by atoms with Gasteiger partial charge in [-0.3, -0.25) is 4.79 Å². The molecular formula is C15H15FN2O2. The molecule has 1 amide bonds. The third-order valence-corrected chi connectivity index (χ3v) is 2.85. The van der Waals surface area contributed by atoms with Crippen molar-refractivity contribution in [1.82, 2.24) is 0 Å². The lowest BCUT2D eigenvalue weighted by Gasteiger charge is -2.14. The van der Waals surface area contributed by atoms with Gasteiger partial charge in [0.15, 0.2) is 11.6 Å². The summed E-state index contributed by atoms with van der Waals surface area (Å²) in [6.45, 7) is 1.75. The molecule has 0 saturated carbocycles. The lowest BCUT2D eigenvalue weighted by molar-refractivity contribution is 0.100. The lowest BCUT2D eigenvalue weighted by Crippen LogP contribution is -2.10. The van der Waals surface area contributed by atoms with E-state index in [1.54, 1.807) is 31.2 Å². The van der Waals surface area contributed by atoms with E-state index in [1.807, 2.05) is 0 Å². The normalized spacial score (nSPS) is 11.9. The molecule has 0 aliphatic carbocycles. The van der Waals surface area contributed by atoms with Gasteiger partial charge in [0, 0.05) is 17.2 Å². The molecule has 5 heteroatoms. The Balaban J connectivity index is 2.32. The second-order valence-corrected chi connectivity index (χ2v) is 4.44. The molecule has 0 aliphatic heterocycles. The van der Waals surface area contributed by atoms with E-state index in [1.165, 1.54) is 18.2 Å². The first-order valence-corrected chi connectivity index (χ1v) is 6.10. The van der Waals surface area contributed by atoms with Gasteiger partial charge in [-0.05, 0) is 37.3 Å². The lowest BCUT2D eigenvalue weighted by atomic mass is 10.1. The molecule has 0 spiro atoms. The first kappa shape index (κ1) is 14.0. The van der Waals surface area contributed by atoms with Crippen molar-refractivity contribution in [2.75, 3.05) is 0 Å². The van der Waals surface area contributed by atoms with E-state index in [2.05, 4.69) is 0 Å². The Bertz CT molecular complexity index is 624. The molecule has 1 atom stereocenters. The maximum atomic E-state index is 13.8. The minimum absolute atomic E-state index is 0.0920. The van der Waals surface area contributed by atoms with Crippen LogP contribution in [0.2, 0.25) is 0 Å². The second-order valence-electron chi connectivity index (χ2n) is 4.44. The number of halogens is 1. The Morgan fingerprint density at radius 1 is 1.20 bits per heavy atom. The van der Waals surface area contributed by atoms with Gasteiger partial charge in [-0.2, -0.15) is 0 Å². The summed E-state index contributed by atoms with van der Waals surface area (Å²) < 4.78 is 19.4. The summed E-state index contributed by atoms with van der Waals surface area (Å²) in [5.74, 6) is -0.520. The van der Waals surface area contributed by atoms with Crippen LogP contribution in [0.25, 0.3) is 0 Å². The SMILES string of the molecule is CC(N)c1cccc(F)c1Oc1ccc(C(N)=O)cc1. The minimum atomic E-state index is -0.529. The molecule has 0 saturated heterocycles. The van der Waals surface area contributed by atoms with E-state index in [0.29, 0.717) is 16.9 Å². The summed E-state index contributed by atoms with van der Waals surface area (Å²) in [5, 5.41) is 0. The topological polar surface area (TPSA) is 78.3 Å². The number of carbonyl (C=O) groups excluding carboxylic acids is 1. The van der Waals surface area contributed by atoms with Crippen molar-refractivity contribution in [2.45, 2.75) is 13.0 Å². The van der Waals surface area contributed by atoms with Gasteiger partial charge in [0.25, 0.3) is 0 Å². The maximum Gasteiger partial charge on any atom is 0.248 e.